The summed E-state index contributed by atoms with van der Waals surface area (Å²) in [5.74, 6) is -1.21. The fourth-order valence-electron chi connectivity index (χ4n) is 1.35. The van der Waals surface area contributed by atoms with Crippen LogP contribution >= 0.6 is 0 Å². The van der Waals surface area contributed by atoms with E-state index in [1.807, 2.05) is 0 Å². The SMILES string of the molecule is N#[N+]N=C1C(=NN=[N-])CC(=O)C([N+](=O)[O-])=C1[N+](=O)[O-]. The first-order chi connectivity index (χ1) is 8.93. The van der Waals surface area contributed by atoms with Crippen LogP contribution in [0.4, 0.5) is 0 Å². The summed E-state index contributed by atoms with van der Waals surface area (Å²) < 4.78 is 0. The van der Waals surface area contributed by atoms with E-state index in [1.54, 1.807) is 0 Å². The molecule has 1 aliphatic carbocycles. The van der Waals surface area contributed by atoms with Crippen LogP contribution < -0.4 is 0 Å². The van der Waals surface area contributed by atoms with Gasteiger partial charge in [0.2, 0.25) is 11.5 Å². The van der Waals surface area contributed by atoms with Gasteiger partial charge in [0, 0.05) is 12.1 Å². The zero-order valence-electron chi connectivity index (χ0n) is 8.83. The highest BCUT2D eigenvalue weighted by Gasteiger charge is 2.46. The molecule has 0 unspecified atom stereocenters. The van der Waals surface area contributed by atoms with Gasteiger partial charge in [-0.25, -0.2) is 0 Å². The summed E-state index contributed by atoms with van der Waals surface area (Å²) in [6.07, 6.45) is -0.758. The maximum Gasteiger partial charge on any atom is 0.391 e. The average molecular weight is 266 g/mol. The van der Waals surface area contributed by atoms with E-state index in [-0.39, 0.29) is 0 Å². The summed E-state index contributed by atoms with van der Waals surface area (Å²) in [5.41, 5.74) is 4.27. The molecule has 19 heavy (non-hydrogen) atoms. The minimum absolute atomic E-state index is 0.539. The second kappa shape index (κ2) is 5.27. The number of allylic oxidation sites excluding steroid dienone is 2. The second-order valence-electron chi connectivity index (χ2n) is 2.99. The molecule has 1 aliphatic rings. The standard InChI is InChI=1S/C6H2N8O5/c7-11-9-2-1-3(15)5(13(16)17)6(14(18)19)4(2)10-12-8/h1H2. The molecule has 13 heteroatoms. The van der Waals surface area contributed by atoms with Crippen LogP contribution in [0.5, 0.6) is 0 Å². The Morgan fingerprint density at radius 2 is 1.84 bits per heavy atom. The summed E-state index contributed by atoms with van der Waals surface area (Å²) >= 11 is 0. The Bertz CT molecular complexity index is 622. The number of Topliss-reactive ketones (excluding diaryl/α,β-unsaturated/α-hetero) is 1. The highest BCUT2D eigenvalue weighted by atomic mass is 16.6. The molecule has 0 aromatic carbocycles. The minimum atomic E-state index is -1.32. The Labute approximate surface area is 102 Å². The number of diazo groups is 1. The van der Waals surface area contributed by atoms with Crippen molar-refractivity contribution < 1.29 is 14.6 Å². The summed E-state index contributed by atoms with van der Waals surface area (Å²) in [4.78, 5) is 30.4. The summed E-state index contributed by atoms with van der Waals surface area (Å²) in [5, 5.41) is 40.2. The first-order valence-electron chi connectivity index (χ1n) is 4.34. The molecule has 1 rings (SSSR count). The maximum atomic E-state index is 11.4. The Morgan fingerprint density at radius 1 is 1.26 bits per heavy atom. The number of nitrogens with zero attached hydrogens (tertiary/aromatic N) is 8. The Hall–Kier alpha value is -3.43. The predicted octanol–water partition coefficient (Wildman–Crippen LogP) is 0.311. The van der Waals surface area contributed by atoms with Crippen molar-refractivity contribution in [3.8, 4) is 0 Å². The van der Waals surface area contributed by atoms with Crippen LogP contribution in [0, 0.1) is 25.6 Å². The molecular weight excluding hydrogens is 264 g/mol. The van der Waals surface area contributed by atoms with Crippen LogP contribution in [0.2, 0.25) is 0 Å². The molecule has 0 spiro atoms. The Balaban J connectivity index is 3.71. The van der Waals surface area contributed by atoms with E-state index in [9.17, 15) is 25.0 Å². The van der Waals surface area contributed by atoms with Gasteiger partial charge in [-0.15, -0.1) is 0 Å². The lowest BCUT2D eigenvalue weighted by Gasteiger charge is -2.11. The van der Waals surface area contributed by atoms with Crippen LogP contribution in [-0.4, -0.2) is 27.1 Å². The summed E-state index contributed by atoms with van der Waals surface area (Å²) in [6.45, 7) is 0. The van der Waals surface area contributed by atoms with E-state index >= 15 is 0 Å². The van der Waals surface area contributed by atoms with Gasteiger partial charge in [-0.1, -0.05) is 0 Å². The molecule has 0 aromatic rings. The van der Waals surface area contributed by atoms with Crippen molar-refractivity contribution in [2.24, 2.45) is 15.4 Å². The fraction of sp³-hybridized carbons (Fsp3) is 0.167. The summed E-state index contributed by atoms with van der Waals surface area (Å²) in [6, 6.07) is 0. The number of hydrogen-bond donors (Lipinski definition) is 0. The first-order valence-corrected chi connectivity index (χ1v) is 4.34. The van der Waals surface area contributed by atoms with E-state index in [4.69, 9.17) is 10.9 Å². The highest BCUT2D eigenvalue weighted by molar-refractivity contribution is 6.53. The van der Waals surface area contributed by atoms with Gasteiger partial charge >= 0.3 is 16.5 Å². The van der Waals surface area contributed by atoms with Crippen LogP contribution in [-0.2, 0) is 4.79 Å². The van der Waals surface area contributed by atoms with Gasteiger partial charge in [0.15, 0.2) is 5.10 Å². The van der Waals surface area contributed by atoms with Crippen molar-refractivity contribution in [3.63, 3.8) is 0 Å². The van der Waals surface area contributed by atoms with Gasteiger partial charge in [0.1, 0.15) is 0 Å². The lowest BCUT2D eigenvalue weighted by Crippen LogP contribution is -2.34. The number of nitro groups is 2. The van der Waals surface area contributed by atoms with Crippen LogP contribution in [0.15, 0.2) is 26.8 Å². The van der Waals surface area contributed by atoms with Gasteiger partial charge < -0.3 is 10.6 Å². The van der Waals surface area contributed by atoms with Gasteiger partial charge in [-0.05, 0) is 0 Å². The van der Waals surface area contributed by atoms with Crippen LogP contribution in [0.3, 0.4) is 0 Å². The predicted molar refractivity (Wildman–Crippen MR) is 56.4 cm³/mol. The zero-order chi connectivity index (χ0) is 14.6. The first kappa shape index (κ1) is 13.6. The van der Waals surface area contributed by atoms with Gasteiger partial charge in [-0.2, -0.15) is 0 Å². The van der Waals surface area contributed by atoms with Crippen molar-refractivity contribution in [2.75, 3.05) is 0 Å². The molecule has 96 valence electrons. The topological polar surface area (TPSA) is 191 Å². The largest absolute Gasteiger partial charge is 0.391 e. The molecule has 0 heterocycles. The number of carbonyl (C=O) groups excluding carboxylic acids is 1. The van der Waals surface area contributed by atoms with Crippen molar-refractivity contribution in [1.82, 2.24) is 0 Å². The second-order valence-corrected chi connectivity index (χ2v) is 2.99. The van der Waals surface area contributed by atoms with Crippen molar-refractivity contribution >= 4 is 17.2 Å². The third kappa shape index (κ3) is 2.46. The van der Waals surface area contributed by atoms with E-state index in [2.05, 4.69) is 20.5 Å². The molecule has 0 saturated heterocycles. The number of rotatable bonds is 3. The molecule has 0 N–H and O–H groups in total. The van der Waals surface area contributed by atoms with Crippen molar-refractivity contribution in [1.29, 1.82) is 5.39 Å². The van der Waals surface area contributed by atoms with Crippen molar-refractivity contribution in [2.45, 2.75) is 6.42 Å². The third-order valence-electron chi connectivity index (χ3n) is 1.99. The average Bonchev–Trinajstić information content (AvgIpc) is 2.31. The van der Waals surface area contributed by atoms with Gasteiger partial charge in [0.05, 0.1) is 9.85 Å². The normalized spacial score (nSPS) is 19.4. The lowest BCUT2D eigenvalue weighted by molar-refractivity contribution is -0.460. The Morgan fingerprint density at radius 3 is 2.26 bits per heavy atom. The van der Waals surface area contributed by atoms with E-state index in [0.29, 0.717) is 0 Å². The molecular formula is C6H2N8O5. The quantitative estimate of drug-likeness (QED) is 0.305. The highest BCUT2D eigenvalue weighted by Crippen LogP contribution is 2.20. The number of carbonyl (C=O) groups is 1. The molecule has 0 amide bonds. The molecule has 0 aliphatic heterocycles. The zero-order valence-corrected chi connectivity index (χ0v) is 8.83. The monoisotopic (exact) mass is 266 g/mol. The molecule has 13 nitrogen and oxygen atoms in total. The van der Waals surface area contributed by atoms with Crippen molar-refractivity contribution in [3.05, 3.63) is 42.2 Å². The van der Waals surface area contributed by atoms with E-state index < -0.39 is 44.9 Å². The maximum absolute atomic E-state index is 11.4. The molecule has 0 atom stereocenters. The van der Waals surface area contributed by atoms with Gasteiger partial charge in [0.25, 0.3) is 5.39 Å². The molecule has 0 radical (unpaired) electrons. The smallest absolute Gasteiger partial charge is 0.362 e. The number of hydrogen-bond acceptors (Lipinski definition) is 8. The van der Waals surface area contributed by atoms with Crippen LogP contribution in [0.25, 0.3) is 10.6 Å². The van der Waals surface area contributed by atoms with E-state index in [1.165, 1.54) is 0 Å². The fourth-order valence-corrected chi connectivity index (χ4v) is 1.35. The van der Waals surface area contributed by atoms with Gasteiger partial charge in [-0.3, -0.25) is 30.2 Å². The lowest BCUT2D eigenvalue weighted by atomic mass is 9.96. The minimum Gasteiger partial charge on any atom is -0.362 e. The summed E-state index contributed by atoms with van der Waals surface area (Å²) in [7, 11) is 0. The molecule has 0 fully saturated rings. The van der Waals surface area contributed by atoms with Crippen LogP contribution in [0.1, 0.15) is 6.42 Å². The molecule has 0 saturated carbocycles. The van der Waals surface area contributed by atoms with E-state index in [0.717, 1.165) is 0 Å². The molecule has 0 aromatic heterocycles. The number of ketones is 1. The third-order valence-corrected chi connectivity index (χ3v) is 1.99. The Kier molecular flexibility index (Phi) is 3.78. The molecule has 0 bridgehead atoms.